The van der Waals surface area contributed by atoms with Gasteiger partial charge in [-0.3, -0.25) is 4.98 Å². The first kappa shape index (κ1) is 15.8. The Bertz CT molecular complexity index is 573. The van der Waals surface area contributed by atoms with Crippen molar-refractivity contribution >= 4 is 15.9 Å². The van der Waals surface area contributed by atoms with Crippen molar-refractivity contribution in [3.8, 4) is 11.5 Å². The van der Waals surface area contributed by atoms with Crippen LogP contribution in [0.25, 0.3) is 0 Å². The first-order valence-electron chi connectivity index (χ1n) is 6.87. The molecule has 0 amide bonds. The SMILES string of the molecule is Cc1ccc(OCCOc2ccc(Br)cc2)c(CCN)n1. The number of hydrogen-bond acceptors (Lipinski definition) is 4. The Balaban J connectivity index is 1.84. The second kappa shape index (κ2) is 8.00. The average Bonchev–Trinajstić information content (AvgIpc) is 2.48. The van der Waals surface area contributed by atoms with Gasteiger partial charge < -0.3 is 15.2 Å². The fourth-order valence-electron chi connectivity index (χ4n) is 1.89. The smallest absolute Gasteiger partial charge is 0.141 e. The average molecular weight is 351 g/mol. The molecule has 1 aromatic heterocycles. The van der Waals surface area contributed by atoms with Crippen molar-refractivity contribution in [2.24, 2.45) is 5.73 Å². The normalized spacial score (nSPS) is 10.4. The van der Waals surface area contributed by atoms with E-state index in [9.17, 15) is 0 Å². The number of aryl methyl sites for hydroxylation is 1. The summed E-state index contributed by atoms with van der Waals surface area (Å²) in [6.07, 6.45) is 0.713. The number of halogens is 1. The van der Waals surface area contributed by atoms with E-state index in [-0.39, 0.29) is 0 Å². The molecule has 5 heteroatoms. The molecule has 0 radical (unpaired) electrons. The van der Waals surface area contributed by atoms with Gasteiger partial charge in [0.1, 0.15) is 24.7 Å². The Morgan fingerprint density at radius 1 is 1.05 bits per heavy atom. The van der Waals surface area contributed by atoms with Gasteiger partial charge in [0.05, 0.1) is 5.69 Å². The topological polar surface area (TPSA) is 57.4 Å². The van der Waals surface area contributed by atoms with Gasteiger partial charge in [-0.25, -0.2) is 0 Å². The highest BCUT2D eigenvalue weighted by atomic mass is 79.9. The predicted octanol–water partition coefficient (Wildman–Crippen LogP) is 3.11. The summed E-state index contributed by atoms with van der Waals surface area (Å²) in [4.78, 5) is 4.46. The van der Waals surface area contributed by atoms with Crippen LogP contribution in [-0.4, -0.2) is 24.7 Å². The third kappa shape index (κ3) is 5.02. The maximum absolute atomic E-state index is 5.74. The highest BCUT2D eigenvalue weighted by Gasteiger charge is 2.05. The Morgan fingerprint density at radius 2 is 1.76 bits per heavy atom. The summed E-state index contributed by atoms with van der Waals surface area (Å²) in [5.74, 6) is 1.61. The van der Waals surface area contributed by atoms with Gasteiger partial charge in [-0.05, 0) is 49.9 Å². The predicted molar refractivity (Wildman–Crippen MR) is 86.9 cm³/mol. The number of ether oxygens (including phenoxy) is 2. The Kier molecular flexibility index (Phi) is 6.02. The Morgan fingerprint density at radius 3 is 2.48 bits per heavy atom. The van der Waals surface area contributed by atoms with Crippen molar-refractivity contribution in [2.45, 2.75) is 13.3 Å². The molecule has 0 aliphatic heterocycles. The molecule has 2 rings (SSSR count). The van der Waals surface area contributed by atoms with Crippen LogP contribution in [0, 0.1) is 6.92 Å². The number of hydrogen-bond donors (Lipinski definition) is 1. The summed E-state index contributed by atoms with van der Waals surface area (Å²) >= 11 is 3.39. The van der Waals surface area contributed by atoms with E-state index in [1.54, 1.807) is 0 Å². The molecule has 0 aliphatic rings. The van der Waals surface area contributed by atoms with Crippen molar-refractivity contribution in [3.63, 3.8) is 0 Å². The highest BCUT2D eigenvalue weighted by molar-refractivity contribution is 9.10. The van der Waals surface area contributed by atoms with Crippen LogP contribution in [0.2, 0.25) is 0 Å². The Labute approximate surface area is 133 Å². The minimum Gasteiger partial charge on any atom is -0.490 e. The molecule has 0 fully saturated rings. The van der Waals surface area contributed by atoms with Crippen LogP contribution < -0.4 is 15.2 Å². The molecular weight excluding hydrogens is 332 g/mol. The summed E-state index contributed by atoms with van der Waals surface area (Å²) in [7, 11) is 0. The molecule has 0 atom stereocenters. The molecule has 4 nitrogen and oxygen atoms in total. The fraction of sp³-hybridized carbons (Fsp3) is 0.312. The van der Waals surface area contributed by atoms with Crippen LogP contribution in [0.5, 0.6) is 11.5 Å². The molecule has 2 aromatic rings. The number of pyridine rings is 1. The van der Waals surface area contributed by atoms with E-state index in [1.165, 1.54) is 0 Å². The molecule has 0 saturated carbocycles. The van der Waals surface area contributed by atoms with Gasteiger partial charge in [-0.15, -0.1) is 0 Å². The highest BCUT2D eigenvalue weighted by Crippen LogP contribution is 2.18. The lowest BCUT2D eigenvalue weighted by Crippen LogP contribution is -2.12. The minimum atomic E-state index is 0.471. The van der Waals surface area contributed by atoms with Crippen LogP contribution in [0.4, 0.5) is 0 Å². The van der Waals surface area contributed by atoms with Crippen molar-refractivity contribution in [2.75, 3.05) is 19.8 Å². The lowest BCUT2D eigenvalue weighted by atomic mass is 10.2. The van der Waals surface area contributed by atoms with E-state index < -0.39 is 0 Å². The lowest BCUT2D eigenvalue weighted by Gasteiger charge is -2.12. The van der Waals surface area contributed by atoms with Crippen LogP contribution >= 0.6 is 15.9 Å². The van der Waals surface area contributed by atoms with Crippen LogP contribution in [0.3, 0.4) is 0 Å². The lowest BCUT2D eigenvalue weighted by molar-refractivity contribution is 0.215. The van der Waals surface area contributed by atoms with Gasteiger partial charge in [-0.1, -0.05) is 15.9 Å². The van der Waals surface area contributed by atoms with Gasteiger partial charge in [0.2, 0.25) is 0 Å². The maximum Gasteiger partial charge on any atom is 0.141 e. The second-order valence-electron chi connectivity index (χ2n) is 4.59. The zero-order valence-corrected chi connectivity index (χ0v) is 13.6. The number of rotatable bonds is 7. The third-order valence-electron chi connectivity index (χ3n) is 2.88. The molecule has 2 N–H and O–H groups in total. The van der Waals surface area contributed by atoms with Crippen molar-refractivity contribution < 1.29 is 9.47 Å². The first-order chi connectivity index (χ1) is 10.2. The summed E-state index contributed by atoms with van der Waals surface area (Å²) in [5, 5.41) is 0. The van der Waals surface area contributed by atoms with E-state index in [0.717, 1.165) is 27.4 Å². The summed E-state index contributed by atoms with van der Waals surface area (Å²) in [5.41, 5.74) is 7.47. The molecule has 0 unspecified atom stereocenters. The monoisotopic (exact) mass is 350 g/mol. The summed E-state index contributed by atoms with van der Waals surface area (Å²) in [6, 6.07) is 11.6. The van der Waals surface area contributed by atoms with Crippen LogP contribution in [-0.2, 0) is 6.42 Å². The standard InChI is InChI=1S/C16H19BrN2O2/c1-12-2-7-16(15(19-12)8-9-18)21-11-10-20-14-5-3-13(17)4-6-14/h2-7H,8-11,18H2,1H3. The molecule has 0 spiro atoms. The molecule has 0 bridgehead atoms. The van der Waals surface area contributed by atoms with Crippen molar-refractivity contribution in [3.05, 3.63) is 52.3 Å². The Hall–Kier alpha value is -1.59. The van der Waals surface area contributed by atoms with Crippen LogP contribution in [0.15, 0.2) is 40.9 Å². The number of aromatic nitrogens is 1. The summed E-state index contributed by atoms with van der Waals surface area (Å²) < 4.78 is 12.4. The maximum atomic E-state index is 5.74. The minimum absolute atomic E-state index is 0.471. The molecule has 21 heavy (non-hydrogen) atoms. The number of nitrogens with zero attached hydrogens (tertiary/aromatic N) is 1. The van der Waals surface area contributed by atoms with Gasteiger partial charge in [0, 0.05) is 16.6 Å². The van der Waals surface area contributed by atoms with Gasteiger partial charge in [-0.2, -0.15) is 0 Å². The quantitative estimate of drug-likeness (QED) is 0.779. The molecule has 112 valence electrons. The summed E-state index contributed by atoms with van der Waals surface area (Å²) in [6.45, 7) is 3.47. The van der Waals surface area contributed by atoms with E-state index in [0.29, 0.717) is 26.2 Å². The second-order valence-corrected chi connectivity index (χ2v) is 5.50. The van der Waals surface area contributed by atoms with E-state index >= 15 is 0 Å². The van der Waals surface area contributed by atoms with Crippen LogP contribution in [0.1, 0.15) is 11.4 Å². The fourth-order valence-corrected chi connectivity index (χ4v) is 2.15. The van der Waals surface area contributed by atoms with E-state index in [2.05, 4.69) is 20.9 Å². The third-order valence-corrected chi connectivity index (χ3v) is 3.40. The van der Waals surface area contributed by atoms with E-state index in [1.807, 2.05) is 43.3 Å². The van der Waals surface area contributed by atoms with Gasteiger partial charge in [0.15, 0.2) is 0 Å². The molecule has 0 aliphatic carbocycles. The molecule has 1 aromatic carbocycles. The van der Waals surface area contributed by atoms with Gasteiger partial charge in [0.25, 0.3) is 0 Å². The molecular formula is C16H19BrN2O2. The van der Waals surface area contributed by atoms with Gasteiger partial charge >= 0.3 is 0 Å². The van der Waals surface area contributed by atoms with Crippen molar-refractivity contribution in [1.82, 2.24) is 4.98 Å². The molecule has 1 heterocycles. The number of nitrogens with two attached hydrogens (primary N) is 1. The zero-order chi connectivity index (χ0) is 15.1. The molecule has 0 saturated heterocycles. The van der Waals surface area contributed by atoms with E-state index in [4.69, 9.17) is 15.2 Å². The zero-order valence-electron chi connectivity index (χ0n) is 12.0. The number of benzene rings is 1. The largest absolute Gasteiger partial charge is 0.490 e. The van der Waals surface area contributed by atoms with Crippen molar-refractivity contribution in [1.29, 1.82) is 0 Å². The first-order valence-corrected chi connectivity index (χ1v) is 7.66.